The second kappa shape index (κ2) is 5.85. The van der Waals surface area contributed by atoms with Crippen molar-refractivity contribution in [2.24, 2.45) is 0 Å². The Kier molecular flexibility index (Phi) is 3.69. The minimum Gasteiger partial charge on any atom is -0.284 e. The molecule has 0 amide bonds. The molecule has 0 unspecified atom stereocenters. The van der Waals surface area contributed by atoms with Gasteiger partial charge < -0.3 is 0 Å². The Morgan fingerprint density at radius 1 is 1.13 bits per heavy atom. The Morgan fingerprint density at radius 3 is 2.61 bits per heavy atom. The molecule has 0 radical (unpaired) electrons. The van der Waals surface area contributed by atoms with Gasteiger partial charge in [0.25, 0.3) is 5.56 Å². The van der Waals surface area contributed by atoms with Crippen molar-refractivity contribution in [3.05, 3.63) is 70.0 Å². The van der Waals surface area contributed by atoms with E-state index >= 15 is 0 Å². The fourth-order valence-electron chi connectivity index (χ4n) is 2.71. The van der Waals surface area contributed by atoms with E-state index < -0.39 is 0 Å². The van der Waals surface area contributed by atoms with E-state index in [4.69, 9.17) is 4.98 Å². The number of para-hydroxylation sites is 1. The van der Waals surface area contributed by atoms with Crippen LogP contribution in [-0.2, 0) is 5.75 Å². The van der Waals surface area contributed by atoms with E-state index in [0.29, 0.717) is 6.04 Å². The van der Waals surface area contributed by atoms with Crippen LogP contribution in [0.4, 0.5) is 0 Å². The Labute approximate surface area is 139 Å². The smallest absolute Gasteiger partial charge is 0.262 e. The first-order chi connectivity index (χ1) is 11.2. The van der Waals surface area contributed by atoms with Crippen molar-refractivity contribution in [1.29, 1.82) is 0 Å². The minimum atomic E-state index is 0.101. The van der Waals surface area contributed by atoms with Gasteiger partial charge in [-0.05, 0) is 37.5 Å². The Morgan fingerprint density at radius 2 is 1.87 bits per heavy atom. The molecule has 3 nitrogen and oxygen atoms in total. The van der Waals surface area contributed by atoms with Crippen molar-refractivity contribution in [3.63, 3.8) is 0 Å². The van der Waals surface area contributed by atoms with Crippen molar-refractivity contribution in [1.82, 2.24) is 9.55 Å². The SMILES string of the molecule is Cc1ccc(CSc2nc3ccccc3c(=O)n2C2CC2)cc1. The second-order valence-corrected chi connectivity index (χ2v) is 7.03. The first-order valence-electron chi connectivity index (χ1n) is 7.92. The van der Waals surface area contributed by atoms with Crippen molar-refractivity contribution in [2.45, 2.75) is 36.7 Å². The molecule has 1 aliphatic carbocycles. The van der Waals surface area contributed by atoms with Crippen LogP contribution >= 0.6 is 11.8 Å². The monoisotopic (exact) mass is 322 g/mol. The van der Waals surface area contributed by atoms with Crippen molar-refractivity contribution in [3.8, 4) is 0 Å². The lowest BCUT2D eigenvalue weighted by molar-refractivity contribution is 0.618. The van der Waals surface area contributed by atoms with Gasteiger partial charge in [-0.25, -0.2) is 4.98 Å². The molecule has 3 aromatic rings. The van der Waals surface area contributed by atoms with Crippen LogP contribution in [0.1, 0.15) is 30.0 Å². The first-order valence-corrected chi connectivity index (χ1v) is 8.90. The highest BCUT2D eigenvalue weighted by Crippen LogP contribution is 2.37. The van der Waals surface area contributed by atoms with Crippen LogP contribution in [0.2, 0.25) is 0 Å². The number of fused-ring (bicyclic) bond motifs is 1. The van der Waals surface area contributed by atoms with E-state index in [1.807, 2.05) is 28.8 Å². The number of aromatic nitrogens is 2. The molecule has 23 heavy (non-hydrogen) atoms. The van der Waals surface area contributed by atoms with E-state index in [9.17, 15) is 4.79 Å². The highest BCUT2D eigenvalue weighted by Gasteiger charge is 2.28. The number of benzene rings is 2. The third kappa shape index (κ3) is 2.91. The molecule has 0 saturated heterocycles. The molecule has 1 fully saturated rings. The summed E-state index contributed by atoms with van der Waals surface area (Å²) in [6.45, 7) is 2.09. The maximum absolute atomic E-state index is 12.8. The average Bonchev–Trinajstić information content (AvgIpc) is 3.39. The van der Waals surface area contributed by atoms with Gasteiger partial charge in [-0.3, -0.25) is 9.36 Å². The Balaban J connectivity index is 1.72. The van der Waals surface area contributed by atoms with E-state index in [0.717, 1.165) is 34.7 Å². The zero-order valence-corrected chi connectivity index (χ0v) is 13.8. The van der Waals surface area contributed by atoms with Crippen LogP contribution in [0.15, 0.2) is 58.5 Å². The van der Waals surface area contributed by atoms with Gasteiger partial charge in [0.1, 0.15) is 0 Å². The van der Waals surface area contributed by atoms with Crippen molar-refractivity contribution in [2.75, 3.05) is 0 Å². The van der Waals surface area contributed by atoms with Crippen LogP contribution in [-0.4, -0.2) is 9.55 Å². The summed E-state index contributed by atoms with van der Waals surface area (Å²) >= 11 is 1.66. The van der Waals surface area contributed by atoms with E-state index in [2.05, 4.69) is 31.2 Å². The second-order valence-electron chi connectivity index (χ2n) is 6.09. The van der Waals surface area contributed by atoms with E-state index in [1.165, 1.54) is 11.1 Å². The third-order valence-corrected chi connectivity index (χ3v) is 5.20. The average molecular weight is 322 g/mol. The minimum absolute atomic E-state index is 0.101. The Hall–Kier alpha value is -2.07. The molecule has 2 aromatic carbocycles. The molecule has 1 heterocycles. The maximum Gasteiger partial charge on any atom is 0.262 e. The number of hydrogen-bond acceptors (Lipinski definition) is 3. The van der Waals surface area contributed by atoms with Crippen LogP contribution in [0.5, 0.6) is 0 Å². The van der Waals surface area contributed by atoms with E-state index in [1.54, 1.807) is 11.8 Å². The van der Waals surface area contributed by atoms with Crippen LogP contribution in [0.25, 0.3) is 10.9 Å². The van der Waals surface area contributed by atoms with Crippen LogP contribution < -0.4 is 5.56 Å². The van der Waals surface area contributed by atoms with Gasteiger partial charge in [-0.2, -0.15) is 0 Å². The fraction of sp³-hybridized carbons (Fsp3) is 0.263. The molecular formula is C19H18N2OS. The molecular weight excluding hydrogens is 304 g/mol. The predicted molar refractivity (Wildman–Crippen MR) is 95.0 cm³/mol. The summed E-state index contributed by atoms with van der Waals surface area (Å²) in [6, 6.07) is 16.5. The molecule has 1 aromatic heterocycles. The van der Waals surface area contributed by atoms with Crippen molar-refractivity contribution >= 4 is 22.7 Å². The summed E-state index contributed by atoms with van der Waals surface area (Å²) in [4.78, 5) is 17.6. The van der Waals surface area contributed by atoms with Crippen LogP contribution in [0.3, 0.4) is 0 Å². The van der Waals surface area contributed by atoms with Crippen LogP contribution in [0, 0.1) is 6.92 Å². The van der Waals surface area contributed by atoms with Gasteiger partial charge in [0.2, 0.25) is 0 Å². The lowest BCUT2D eigenvalue weighted by atomic mass is 10.2. The lowest BCUT2D eigenvalue weighted by Crippen LogP contribution is -2.22. The van der Waals surface area contributed by atoms with Gasteiger partial charge in [-0.15, -0.1) is 0 Å². The van der Waals surface area contributed by atoms with Crippen molar-refractivity contribution < 1.29 is 0 Å². The third-order valence-electron chi connectivity index (χ3n) is 4.18. The zero-order chi connectivity index (χ0) is 15.8. The summed E-state index contributed by atoms with van der Waals surface area (Å²) in [5.41, 5.74) is 3.41. The maximum atomic E-state index is 12.8. The molecule has 1 aliphatic rings. The first kappa shape index (κ1) is 14.5. The van der Waals surface area contributed by atoms with Gasteiger partial charge >= 0.3 is 0 Å². The summed E-state index contributed by atoms with van der Waals surface area (Å²) < 4.78 is 1.90. The van der Waals surface area contributed by atoms with Gasteiger partial charge in [0.05, 0.1) is 10.9 Å². The number of thioether (sulfide) groups is 1. The number of aryl methyl sites for hydroxylation is 1. The summed E-state index contributed by atoms with van der Waals surface area (Å²) in [6.07, 6.45) is 2.16. The quantitative estimate of drug-likeness (QED) is 0.529. The normalized spacial score (nSPS) is 14.3. The summed E-state index contributed by atoms with van der Waals surface area (Å²) in [5.74, 6) is 0.831. The van der Waals surface area contributed by atoms with Gasteiger partial charge in [-0.1, -0.05) is 53.7 Å². The molecule has 0 bridgehead atoms. The molecule has 0 aliphatic heterocycles. The van der Waals surface area contributed by atoms with Gasteiger partial charge in [0.15, 0.2) is 5.16 Å². The molecule has 116 valence electrons. The van der Waals surface area contributed by atoms with E-state index in [-0.39, 0.29) is 5.56 Å². The molecule has 4 heteroatoms. The molecule has 1 saturated carbocycles. The summed E-state index contributed by atoms with van der Waals surface area (Å²) in [5, 5.41) is 1.57. The zero-order valence-electron chi connectivity index (χ0n) is 13.0. The highest BCUT2D eigenvalue weighted by molar-refractivity contribution is 7.98. The number of nitrogens with zero attached hydrogens (tertiary/aromatic N) is 2. The standard InChI is InChI=1S/C19H18N2OS/c1-13-6-8-14(9-7-13)12-23-19-20-17-5-3-2-4-16(17)18(22)21(19)15-10-11-15/h2-9,15H,10-12H2,1H3. The molecule has 0 N–H and O–H groups in total. The number of rotatable bonds is 4. The molecule has 4 rings (SSSR count). The van der Waals surface area contributed by atoms with Gasteiger partial charge in [0, 0.05) is 11.8 Å². The summed E-state index contributed by atoms with van der Waals surface area (Å²) in [7, 11) is 0. The molecule has 0 atom stereocenters. The fourth-order valence-corrected chi connectivity index (χ4v) is 3.74. The molecule has 0 spiro atoms. The Bertz CT molecular complexity index is 911. The topological polar surface area (TPSA) is 34.9 Å². The highest BCUT2D eigenvalue weighted by atomic mass is 32.2. The largest absolute Gasteiger partial charge is 0.284 e. The lowest BCUT2D eigenvalue weighted by Gasteiger charge is -2.12. The predicted octanol–water partition coefficient (Wildman–Crippen LogP) is 4.33. The number of hydrogen-bond donors (Lipinski definition) is 0.